The Morgan fingerprint density at radius 1 is 0.900 bits per heavy atom. The van der Waals surface area contributed by atoms with Gasteiger partial charge in [-0.15, -0.1) is 0 Å². The minimum atomic E-state index is -4.13. The number of carbonyl (C=O) groups is 1. The third-order valence-electron chi connectivity index (χ3n) is 5.93. The maximum Gasteiger partial charge on any atom is 0.264 e. The molecule has 0 spiro atoms. The fourth-order valence-electron chi connectivity index (χ4n) is 4.01. The lowest BCUT2D eigenvalue weighted by molar-refractivity contribution is -0.119. The van der Waals surface area contributed by atoms with E-state index in [0.717, 1.165) is 22.0 Å². The first-order valence-corrected chi connectivity index (χ1v) is 14.6. The van der Waals surface area contributed by atoms with Gasteiger partial charge in [0.25, 0.3) is 10.0 Å². The summed E-state index contributed by atoms with van der Waals surface area (Å²) in [5.41, 5.74) is 1.45. The van der Waals surface area contributed by atoms with Crippen LogP contribution in [0.3, 0.4) is 0 Å². The Labute approximate surface area is 237 Å². The highest BCUT2D eigenvalue weighted by molar-refractivity contribution is 7.92. The van der Waals surface area contributed by atoms with E-state index >= 15 is 0 Å². The highest BCUT2D eigenvalue weighted by atomic mass is 32.2. The van der Waals surface area contributed by atoms with Crippen LogP contribution in [0.25, 0.3) is 0 Å². The zero-order chi connectivity index (χ0) is 29.1. The summed E-state index contributed by atoms with van der Waals surface area (Å²) >= 11 is 0. The Bertz CT molecular complexity index is 1340. The second-order valence-corrected chi connectivity index (χ2v) is 11.1. The van der Waals surface area contributed by atoms with Crippen molar-refractivity contribution in [2.45, 2.75) is 44.6 Å². The van der Waals surface area contributed by atoms with Gasteiger partial charge >= 0.3 is 0 Å². The van der Waals surface area contributed by atoms with Gasteiger partial charge in [-0.25, -0.2) is 8.42 Å². The van der Waals surface area contributed by atoms with Crippen LogP contribution in [0.2, 0.25) is 0 Å². The molecule has 10 heteroatoms. The van der Waals surface area contributed by atoms with Crippen LogP contribution in [0.4, 0.5) is 5.69 Å². The summed E-state index contributed by atoms with van der Waals surface area (Å²) < 4.78 is 50.3. The maximum atomic E-state index is 13.8. The zero-order valence-electron chi connectivity index (χ0n) is 23.7. The van der Waals surface area contributed by atoms with Crippen molar-refractivity contribution in [1.29, 1.82) is 0 Å². The molecule has 0 aliphatic rings. The Morgan fingerprint density at radius 2 is 1.55 bits per heavy atom. The van der Waals surface area contributed by atoms with Crippen LogP contribution >= 0.6 is 0 Å². The summed E-state index contributed by atoms with van der Waals surface area (Å²) in [6, 6.07) is 18.8. The highest BCUT2D eigenvalue weighted by Crippen LogP contribution is 2.32. The highest BCUT2D eigenvalue weighted by Gasteiger charge is 2.28. The van der Waals surface area contributed by atoms with Gasteiger partial charge < -0.3 is 24.3 Å². The molecule has 216 valence electrons. The molecule has 0 aliphatic carbocycles. The van der Waals surface area contributed by atoms with Crippen LogP contribution in [0, 0.1) is 0 Å². The van der Waals surface area contributed by atoms with E-state index < -0.39 is 22.5 Å². The minimum Gasteiger partial charge on any atom is -0.494 e. The zero-order valence-corrected chi connectivity index (χ0v) is 24.5. The Morgan fingerprint density at radius 3 is 2.15 bits per heavy atom. The predicted octanol–water partition coefficient (Wildman–Crippen LogP) is 4.83. The average Bonchev–Trinajstić information content (AvgIpc) is 2.94. The van der Waals surface area contributed by atoms with E-state index in [1.807, 2.05) is 45.0 Å². The molecule has 3 aromatic rings. The summed E-state index contributed by atoms with van der Waals surface area (Å²) in [6.45, 7) is 6.30. The molecule has 1 amide bonds. The normalized spacial score (nSPS) is 11.2. The summed E-state index contributed by atoms with van der Waals surface area (Å²) in [5.74, 6) is 1.66. The second-order valence-electron chi connectivity index (χ2n) is 9.22. The summed E-state index contributed by atoms with van der Waals surface area (Å²) in [6.07, 6.45) is 1.56. The molecule has 3 aromatic carbocycles. The molecular formula is C30H38N2O7S. The largest absolute Gasteiger partial charge is 0.494 e. The monoisotopic (exact) mass is 570 g/mol. The molecule has 9 nitrogen and oxygen atoms in total. The molecule has 0 unspecified atom stereocenters. The number of rotatable bonds is 15. The molecule has 1 N–H and O–H groups in total. The molecule has 0 saturated heterocycles. The van der Waals surface area contributed by atoms with Crippen LogP contribution in [0.1, 0.15) is 32.8 Å². The van der Waals surface area contributed by atoms with Crippen LogP contribution < -0.4 is 28.6 Å². The summed E-state index contributed by atoms with van der Waals surface area (Å²) in [7, 11) is -1.23. The van der Waals surface area contributed by atoms with E-state index in [9.17, 15) is 13.2 Å². The van der Waals surface area contributed by atoms with Crippen molar-refractivity contribution in [2.75, 3.05) is 38.2 Å². The fraction of sp³-hybridized carbons (Fsp3) is 0.367. The molecule has 0 aromatic heterocycles. The van der Waals surface area contributed by atoms with Crippen molar-refractivity contribution in [3.8, 4) is 23.0 Å². The number of nitrogens with zero attached hydrogens (tertiary/aromatic N) is 1. The summed E-state index contributed by atoms with van der Waals surface area (Å²) in [5, 5.41) is 2.85. The standard InChI is InChI=1S/C30H38N2O7S/c1-6-38-25-15-11-24(12-16-25)32(40(34,35)27-17-18-28(36-4)29(20-27)37-5)21-30(33)31-19-7-8-23-9-13-26(14-10-23)39-22(2)3/h9-18,20,22H,6-8,19,21H2,1-5H3,(H,31,33). The van der Waals surface area contributed by atoms with Crippen molar-refractivity contribution in [3.63, 3.8) is 0 Å². The first kappa shape index (κ1) is 30.6. The number of carbonyl (C=O) groups excluding carboxylic acids is 1. The number of hydrogen-bond acceptors (Lipinski definition) is 7. The number of benzene rings is 3. The Balaban J connectivity index is 1.72. The molecule has 3 rings (SSSR count). The van der Waals surface area contributed by atoms with Gasteiger partial charge in [-0.05, 0) is 87.7 Å². The van der Waals surface area contributed by atoms with Gasteiger partial charge in [0.15, 0.2) is 11.5 Å². The van der Waals surface area contributed by atoms with E-state index in [0.29, 0.717) is 36.8 Å². The van der Waals surface area contributed by atoms with E-state index in [4.69, 9.17) is 18.9 Å². The number of amides is 1. The number of methoxy groups -OCH3 is 2. The lowest BCUT2D eigenvalue weighted by atomic mass is 10.1. The summed E-state index contributed by atoms with van der Waals surface area (Å²) in [4.78, 5) is 12.9. The molecule has 0 aliphatic heterocycles. The number of sulfonamides is 1. The van der Waals surface area contributed by atoms with E-state index in [-0.39, 0.29) is 16.7 Å². The van der Waals surface area contributed by atoms with Crippen LogP contribution in [-0.4, -0.2) is 54.3 Å². The van der Waals surface area contributed by atoms with Crippen LogP contribution in [0.5, 0.6) is 23.0 Å². The molecule has 0 radical (unpaired) electrons. The first-order valence-electron chi connectivity index (χ1n) is 13.2. The van der Waals surface area contributed by atoms with E-state index in [1.165, 1.54) is 32.4 Å². The van der Waals surface area contributed by atoms with Crippen molar-refractivity contribution in [2.24, 2.45) is 0 Å². The molecule has 40 heavy (non-hydrogen) atoms. The van der Waals surface area contributed by atoms with Crippen molar-refractivity contribution in [1.82, 2.24) is 5.32 Å². The molecule has 0 bridgehead atoms. The van der Waals surface area contributed by atoms with Gasteiger partial charge in [0, 0.05) is 12.6 Å². The van der Waals surface area contributed by atoms with Crippen LogP contribution in [0.15, 0.2) is 71.6 Å². The lowest BCUT2D eigenvalue weighted by Crippen LogP contribution is -2.41. The van der Waals surface area contributed by atoms with Gasteiger partial charge in [0.1, 0.15) is 18.0 Å². The van der Waals surface area contributed by atoms with Crippen LogP contribution in [-0.2, 0) is 21.2 Å². The number of nitrogens with one attached hydrogen (secondary N) is 1. The molecule has 0 heterocycles. The fourth-order valence-corrected chi connectivity index (χ4v) is 5.45. The third-order valence-corrected chi connectivity index (χ3v) is 7.70. The maximum absolute atomic E-state index is 13.8. The molecule has 0 atom stereocenters. The van der Waals surface area contributed by atoms with Crippen molar-refractivity contribution >= 4 is 21.6 Å². The number of ether oxygens (including phenoxy) is 4. The minimum absolute atomic E-state index is 0.0308. The molecular weight excluding hydrogens is 532 g/mol. The molecule has 0 saturated carbocycles. The Hall–Kier alpha value is -3.92. The first-order chi connectivity index (χ1) is 19.2. The van der Waals surface area contributed by atoms with E-state index in [1.54, 1.807) is 24.3 Å². The number of hydrogen-bond donors (Lipinski definition) is 1. The SMILES string of the molecule is CCOc1ccc(N(CC(=O)NCCCc2ccc(OC(C)C)cc2)S(=O)(=O)c2ccc(OC)c(OC)c2)cc1. The van der Waals surface area contributed by atoms with Gasteiger partial charge in [-0.1, -0.05) is 12.1 Å². The van der Waals surface area contributed by atoms with Crippen molar-refractivity contribution < 1.29 is 32.2 Å². The number of anilines is 1. The quantitative estimate of drug-likeness (QED) is 0.261. The van der Waals surface area contributed by atoms with Crippen molar-refractivity contribution in [3.05, 3.63) is 72.3 Å². The topological polar surface area (TPSA) is 103 Å². The van der Waals surface area contributed by atoms with E-state index in [2.05, 4.69) is 5.32 Å². The Kier molecular flexibility index (Phi) is 11.1. The van der Waals surface area contributed by atoms with Gasteiger partial charge in [0.2, 0.25) is 5.91 Å². The average molecular weight is 571 g/mol. The number of aryl methyl sites for hydroxylation is 1. The predicted molar refractivity (Wildman–Crippen MR) is 155 cm³/mol. The smallest absolute Gasteiger partial charge is 0.264 e. The molecule has 0 fully saturated rings. The van der Waals surface area contributed by atoms with Gasteiger partial charge in [0.05, 0.1) is 37.5 Å². The van der Waals surface area contributed by atoms with Gasteiger partial charge in [-0.2, -0.15) is 0 Å². The lowest BCUT2D eigenvalue weighted by Gasteiger charge is -2.24. The third kappa shape index (κ3) is 8.29. The van der Waals surface area contributed by atoms with Gasteiger partial charge in [-0.3, -0.25) is 9.10 Å². The second kappa shape index (κ2) is 14.5.